The summed E-state index contributed by atoms with van der Waals surface area (Å²) in [6, 6.07) is 18.8. The minimum atomic E-state index is -4.80. The molecule has 1 unspecified atom stereocenters. The molecule has 5 aromatic rings. The second kappa shape index (κ2) is 16.6. The van der Waals surface area contributed by atoms with E-state index in [1.54, 1.807) is 68.7 Å². The number of aliphatic hydroxyl groups is 1. The van der Waals surface area contributed by atoms with Crippen molar-refractivity contribution < 1.29 is 37.1 Å². The van der Waals surface area contributed by atoms with Crippen molar-refractivity contribution in [1.29, 1.82) is 0 Å². The number of aliphatic hydroxyl groups excluding tert-OH is 1. The molecule has 308 valence electrons. The second-order valence-corrected chi connectivity index (χ2v) is 15.6. The number of carbonyl (C=O) groups excluding carboxylic acids is 3. The number of aromatic nitrogens is 4. The maximum absolute atomic E-state index is 12.8. The van der Waals surface area contributed by atoms with Crippen molar-refractivity contribution in [2.24, 2.45) is 0 Å². The number of amides is 3. The van der Waals surface area contributed by atoms with Crippen LogP contribution in [0.5, 0.6) is 0 Å². The van der Waals surface area contributed by atoms with Gasteiger partial charge in [-0.1, -0.05) is 42.5 Å². The molecule has 3 aliphatic rings. The van der Waals surface area contributed by atoms with Gasteiger partial charge in [-0.25, -0.2) is 19.9 Å². The first-order chi connectivity index (χ1) is 27.8. The molecule has 0 saturated carbocycles. The van der Waals surface area contributed by atoms with Crippen LogP contribution in [0.3, 0.4) is 0 Å². The lowest BCUT2D eigenvalue weighted by Gasteiger charge is -2.24. The highest BCUT2D eigenvalue weighted by atomic mass is 19.4. The van der Waals surface area contributed by atoms with Crippen molar-refractivity contribution in [3.05, 3.63) is 114 Å². The van der Waals surface area contributed by atoms with Crippen LogP contribution in [0.1, 0.15) is 62.5 Å². The van der Waals surface area contributed by atoms with Gasteiger partial charge >= 0.3 is 6.18 Å². The number of anilines is 3. The summed E-state index contributed by atoms with van der Waals surface area (Å²) in [7, 11) is 0. The Hall–Kier alpha value is -6.09. The zero-order chi connectivity index (χ0) is 42.9. The van der Waals surface area contributed by atoms with Crippen molar-refractivity contribution in [1.82, 2.24) is 19.9 Å². The van der Waals surface area contributed by atoms with E-state index in [0.29, 0.717) is 47.6 Å². The van der Waals surface area contributed by atoms with Crippen molar-refractivity contribution in [2.75, 3.05) is 34.9 Å². The molecule has 11 nitrogen and oxygen atoms in total. The van der Waals surface area contributed by atoms with Crippen LogP contribution in [0.2, 0.25) is 0 Å². The Kier molecular flexibility index (Phi) is 12.0. The lowest BCUT2D eigenvalue weighted by molar-refractivity contribution is -0.200. The fraction of sp³-hybridized carbons (Fsp3) is 0.341. The summed E-state index contributed by atoms with van der Waals surface area (Å²) < 4.78 is 50.9. The molecule has 3 amide bonds. The molecule has 2 aromatic heterocycles. The normalized spacial score (nSPS) is 16.3. The molecule has 15 heteroatoms. The summed E-state index contributed by atoms with van der Waals surface area (Å²) in [5, 5.41) is 12.2. The first-order valence-corrected chi connectivity index (χ1v) is 19.0. The van der Waals surface area contributed by atoms with E-state index in [0.717, 1.165) is 44.4 Å². The smallest absolute Gasteiger partial charge is 0.382 e. The lowest BCUT2D eigenvalue weighted by atomic mass is 9.85. The van der Waals surface area contributed by atoms with Crippen LogP contribution >= 0.6 is 0 Å². The average molecular weight is 812 g/mol. The molecule has 0 fully saturated rings. The minimum absolute atomic E-state index is 0.0262. The Bertz CT molecular complexity index is 2340. The molecule has 0 bridgehead atoms. The van der Waals surface area contributed by atoms with Gasteiger partial charge in [0, 0.05) is 59.5 Å². The Balaban J connectivity index is 0.000000162. The third kappa shape index (κ3) is 8.85. The van der Waals surface area contributed by atoms with Gasteiger partial charge in [-0.15, -0.1) is 0 Å². The molecule has 3 aliphatic heterocycles. The van der Waals surface area contributed by atoms with E-state index in [4.69, 9.17) is 0 Å². The van der Waals surface area contributed by atoms with Crippen LogP contribution in [0.25, 0.3) is 22.3 Å². The van der Waals surface area contributed by atoms with E-state index in [9.17, 15) is 37.1 Å². The number of β-amino-alcohol motifs (C(OH)–C–C–N with tert-alkyl or cyclic N) is 1. The molecular weight excluding hydrogens is 767 g/mol. The number of benzene rings is 3. The second-order valence-electron chi connectivity index (χ2n) is 15.6. The molecular formula is C44H45F4N7O4. The molecule has 5 heterocycles. The van der Waals surface area contributed by atoms with Gasteiger partial charge in [0.25, 0.3) is 0 Å². The number of fused-ring (bicyclic) bond motifs is 3. The van der Waals surface area contributed by atoms with E-state index in [2.05, 4.69) is 25.3 Å². The molecule has 1 atom stereocenters. The Morgan fingerprint density at radius 2 is 1.20 bits per heavy atom. The van der Waals surface area contributed by atoms with E-state index in [1.165, 1.54) is 0 Å². The predicted molar refractivity (Wildman–Crippen MR) is 217 cm³/mol. The van der Waals surface area contributed by atoms with E-state index in [1.807, 2.05) is 63.2 Å². The van der Waals surface area contributed by atoms with Crippen LogP contribution in [0.15, 0.2) is 85.5 Å². The number of alkyl halides is 4. The molecule has 0 spiro atoms. The van der Waals surface area contributed by atoms with Crippen LogP contribution in [0.4, 0.5) is 34.6 Å². The number of carbonyl (C=O) groups is 3. The predicted octanol–water partition coefficient (Wildman–Crippen LogP) is 7.62. The summed E-state index contributed by atoms with van der Waals surface area (Å²) in [4.78, 5) is 55.5. The SMILES string of the molecule is Cc1ncc(-c2ccc3c(c2)N(CC(O)C(F)(F)F)C(=O)C3(C)C)cn1.Cc1ncc(-c2ccc3c(c2)N(CCCF)C(=O)C3(C)C)cn1.O=C1Cc2ccccc2N1. The fourth-order valence-corrected chi connectivity index (χ4v) is 7.19. The maximum Gasteiger partial charge on any atom is 0.416 e. The number of hydrogen-bond donors (Lipinski definition) is 2. The van der Waals surface area contributed by atoms with Crippen LogP contribution in [0, 0.1) is 13.8 Å². The van der Waals surface area contributed by atoms with Crippen LogP contribution in [-0.4, -0.2) is 74.8 Å². The number of nitrogens with one attached hydrogen (secondary N) is 1. The average Bonchev–Trinajstić information content (AvgIpc) is 3.74. The number of para-hydroxylation sites is 1. The van der Waals surface area contributed by atoms with Gasteiger partial charge in [-0.3, -0.25) is 18.8 Å². The largest absolute Gasteiger partial charge is 0.416 e. The summed E-state index contributed by atoms with van der Waals surface area (Å²) in [5.74, 6) is 0.963. The first kappa shape index (κ1) is 42.5. The van der Waals surface area contributed by atoms with Crippen molar-refractivity contribution in [3.63, 3.8) is 0 Å². The molecule has 8 rings (SSSR count). The lowest BCUT2D eigenvalue weighted by Crippen LogP contribution is -2.45. The third-order valence-electron chi connectivity index (χ3n) is 10.6. The van der Waals surface area contributed by atoms with E-state index >= 15 is 0 Å². The first-order valence-electron chi connectivity index (χ1n) is 19.0. The maximum atomic E-state index is 12.8. The van der Waals surface area contributed by atoms with Gasteiger partial charge < -0.3 is 20.2 Å². The van der Waals surface area contributed by atoms with Gasteiger partial charge in [0.1, 0.15) is 11.6 Å². The van der Waals surface area contributed by atoms with Gasteiger partial charge in [0.2, 0.25) is 17.7 Å². The molecule has 2 N–H and O–H groups in total. The zero-order valence-electron chi connectivity index (χ0n) is 33.6. The van der Waals surface area contributed by atoms with E-state index in [-0.39, 0.29) is 11.8 Å². The topological polar surface area (TPSA) is 142 Å². The summed E-state index contributed by atoms with van der Waals surface area (Å²) >= 11 is 0. The third-order valence-corrected chi connectivity index (χ3v) is 10.6. The molecule has 0 aliphatic carbocycles. The Morgan fingerprint density at radius 1 is 0.729 bits per heavy atom. The van der Waals surface area contributed by atoms with Crippen molar-refractivity contribution in [3.8, 4) is 22.3 Å². The summed E-state index contributed by atoms with van der Waals surface area (Å²) in [5.41, 5.74) is 6.59. The molecule has 0 radical (unpaired) electrons. The van der Waals surface area contributed by atoms with Crippen molar-refractivity contribution in [2.45, 2.75) is 77.5 Å². The molecule has 3 aromatic carbocycles. The molecule has 59 heavy (non-hydrogen) atoms. The van der Waals surface area contributed by atoms with Crippen LogP contribution in [-0.2, 0) is 31.6 Å². The van der Waals surface area contributed by atoms with Gasteiger partial charge in [0.15, 0.2) is 6.10 Å². The highest BCUT2D eigenvalue weighted by molar-refractivity contribution is 6.09. The number of halogens is 4. The highest BCUT2D eigenvalue weighted by Crippen LogP contribution is 2.45. The van der Waals surface area contributed by atoms with Gasteiger partial charge in [-0.2, -0.15) is 13.2 Å². The zero-order valence-corrected chi connectivity index (χ0v) is 33.6. The highest BCUT2D eigenvalue weighted by Gasteiger charge is 2.48. The van der Waals surface area contributed by atoms with Gasteiger partial charge in [0.05, 0.1) is 30.5 Å². The number of nitrogens with zero attached hydrogens (tertiary/aromatic N) is 6. The summed E-state index contributed by atoms with van der Waals surface area (Å²) in [6.45, 7) is 9.86. The quantitative estimate of drug-likeness (QED) is 0.160. The Labute approximate surface area is 339 Å². The number of rotatable bonds is 7. The minimum Gasteiger partial charge on any atom is -0.382 e. The molecule has 0 saturated heterocycles. The van der Waals surface area contributed by atoms with Gasteiger partial charge in [-0.05, 0) is 94.0 Å². The Morgan fingerprint density at radius 3 is 1.68 bits per heavy atom. The van der Waals surface area contributed by atoms with Crippen molar-refractivity contribution >= 4 is 34.8 Å². The number of hydrogen-bond acceptors (Lipinski definition) is 8. The fourth-order valence-electron chi connectivity index (χ4n) is 7.19. The summed E-state index contributed by atoms with van der Waals surface area (Å²) in [6.07, 6.45) is 0.252. The standard InChI is InChI=1S/C18H18F3N3O2.C18H20FN3O.C8H7NO/c1-10-22-7-12(8-23-10)11-4-5-13-14(6-11)24(16(26)17(13,2)3)9-15(25)18(19,20)21;1-12-20-10-14(11-21-12)13-5-6-15-16(9-13)22(8-4-7-19)17(23)18(15,2)3;10-8-5-6-3-1-2-4-7(6)9-8/h4-8,15,25H,9H2,1-3H3;5-6,9-11H,4,7-8H2,1-3H3;1-4H,5H2,(H,9,10). The van der Waals surface area contributed by atoms with Crippen LogP contribution < -0.4 is 15.1 Å². The number of aryl methyl sites for hydroxylation is 2. The monoisotopic (exact) mass is 811 g/mol. The van der Waals surface area contributed by atoms with E-state index < -0.39 is 42.2 Å².